The average molecular weight is 388 g/mol. The van der Waals surface area contributed by atoms with E-state index in [9.17, 15) is 9.59 Å². The van der Waals surface area contributed by atoms with E-state index in [0.717, 1.165) is 42.4 Å². The monoisotopic (exact) mass is 387 g/mol. The molecule has 0 unspecified atom stereocenters. The third kappa shape index (κ3) is 5.08. The van der Waals surface area contributed by atoms with Gasteiger partial charge < -0.3 is 19.9 Å². The van der Waals surface area contributed by atoms with Crippen molar-refractivity contribution in [1.82, 2.24) is 10.2 Å². The number of hydrogen-bond donors (Lipinski definition) is 1. The lowest BCUT2D eigenvalue weighted by atomic mass is 10.1. The largest absolute Gasteiger partial charge is 0.378 e. The van der Waals surface area contributed by atoms with Crippen LogP contribution in [0.5, 0.6) is 0 Å². The SMILES string of the molecule is Cc1ccc(C(=O)NCC(=O)N(C)Cc2ccccc2N2CCOCC2)s1. The lowest BCUT2D eigenvalue weighted by Gasteiger charge is -2.31. The van der Waals surface area contributed by atoms with Crippen molar-refractivity contribution < 1.29 is 14.3 Å². The predicted molar refractivity (Wildman–Crippen MR) is 107 cm³/mol. The van der Waals surface area contributed by atoms with Gasteiger partial charge in [-0.2, -0.15) is 0 Å². The molecule has 0 atom stereocenters. The normalized spacial score (nSPS) is 14.1. The Hall–Kier alpha value is -2.38. The number of hydrogen-bond acceptors (Lipinski definition) is 5. The van der Waals surface area contributed by atoms with Gasteiger partial charge in [0.1, 0.15) is 0 Å². The molecule has 2 amide bonds. The van der Waals surface area contributed by atoms with Gasteiger partial charge >= 0.3 is 0 Å². The average Bonchev–Trinajstić information content (AvgIpc) is 3.13. The summed E-state index contributed by atoms with van der Waals surface area (Å²) in [7, 11) is 1.76. The first-order valence-corrected chi connectivity index (χ1v) is 9.85. The second-order valence-corrected chi connectivity index (χ2v) is 7.86. The lowest BCUT2D eigenvalue weighted by Crippen LogP contribution is -2.39. The molecule has 1 saturated heterocycles. The van der Waals surface area contributed by atoms with Gasteiger partial charge in [-0.15, -0.1) is 11.3 Å². The summed E-state index contributed by atoms with van der Waals surface area (Å²) in [5, 5.41) is 2.71. The fourth-order valence-electron chi connectivity index (χ4n) is 3.04. The maximum absolute atomic E-state index is 12.5. The van der Waals surface area contributed by atoms with Crippen molar-refractivity contribution in [3.8, 4) is 0 Å². The van der Waals surface area contributed by atoms with E-state index in [4.69, 9.17) is 4.74 Å². The van der Waals surface area contributed by atoms with E-state index < -0.39 is 0 Å². The fraction of sp³-hybridized carbons (Fsp3) is 0.400. The van der Waals surface area contributed by atoms with Gasteiger partial charge in [-0.25, -0.2) is 0 Å². The molecule has 1 aliphatic heterocycles. The van der Waals surface area contributed by atoms with Crippen LogP contribution >= 0.6 is 11.3 Å². The quantitative estimate of drug-likeness (QED) is 0.826. The van der Waals surface area contributed by atoms with Gasteiger partial charge in [0.25, 0.3) is 5.91 Å². The van der Waals surface area contributed by atoms with E-state index in [1.54, 1.807) is 18.0 Å². The zero-order valence-electron chi connectivity index (χ0n) is 15.7. The number of nitrogens with one attached hydrogen (secondary N) is 1. The third-order valence-corrected chi connectivity index (χ3v) is 5.54. The molecule has 1 fully saturated rings. The highest BCUT2D eigenvalue weighted by Gasteiger charge is 2.17. The maximum Gasteiger partial charge on any atom is 0.261 e. The van der Waals surface area contributed by atoms with Gasteiger partial charge in [0, 0.05) is 37.2 Å². The molecule has 0 radical (unpaired) electrons. The van der Waals surface area contributed by atoms with Gasteiger partial charge in [-0.3, -0.25) is 9.59 Å². The van der Waals surface area contributed by atoms with Crippen LogP contribution in [-0.4, -0.2) is 56.6 Å². The minimum atomic E-state index is -0.205. The Kier molecular flexibility index (Phi) is 6.47. The van der Waals surface area contributed by atoms with Crippen LogP contribution in [0.15, 0.2) is 36.4 Å². The second-order valence-electron chi connectivity index (χ2n) is 6.57. The number of morpholine rings is 1. The number of thiophene rings is 1. The number of rotatable bonds is 6. The third-order valence-electron chi connectivity index (χ3n) is 4.54. The van der Waals surface area contributed by atoms with Crippen LogP contribution in [0.3, 0.4) is 0 Å². The van der Waals surface area contributed by atoms with Crippen molar-refractivity contribution >= 4 is 28.8 Å². The summed E-state index contributed by atoms with van der Waals surface area (Å²) in [5.74, 6) is -0.322. The summed E-state index contributed by atoms with van der Waals surface area (Å²) in [6.45, 7) is 5.59. The molecule has 144 valence electrons. The first-order valence-electron chi connectivity index (χ1n) is 9.04. The number of para-hydroxylation sites is 1. The van der Waals surface area contributed by atoms with E-state index in [2.05, 4.69) is 16.3 Å². The zero-order chi connectivity index (χ0) is 19.2. The molecule has 0 saturated carbocycles. The number of carbonyl (C=O) groups is 2. The van der Waals surface area contributed by atoms with Crippen LogP contribution in [0.1, 0.15) is 20.1 Å². The Morgan fingerprint density at radius 3 is 2.63 bits per heavy atom. The van der Waals surface area contributed by atoms with Crippen LogP contribution in [-0.2, 0) is 16.1 Å². The standard InChI is InChI=1S/C20H25N3O3S/c1-15-7-8-18(27-15)20(25)21-13-19(24)22(2)14-16-5-3-4-6-17(16)23-9-11-26-12-10-23/h3-8H,9-14H2,1-2H3,(H,21,25). The molecule has 1 aliphatic rings. The van der Waals surface area contributed by atoms with Gasteiger partial charge in [-0.1, -0.05) is 18.2 Å². The van der Waals surface area contributed by atoms with Crippen molar-refractivity contribution in [3.05, 3.63) is 51.7 Å². The van der Waals surface area contributed by atoms with Gasteiger partial charge in [0.2, 0.25) is 5.91 Å². The molecule has 1 aromatic carbocycles. The zero-order valence-corrected chi connectivity index (χ0v) is 16.6. The molecule has 0 spiro atoms. The van der Waals surface area contributed by atoms with Crippen LogP contribution in [0, 0.1) is 6.92 Å². The first kappa shape index (κ1) is 19.4. The Morgan fingerprint density at radius 2 is 1.93 bits per heavy atom. The van der Waals surface area contributed by atoms with Crippen molar-refractivity contribution in [2.45, 2.75) is 13.5 Å². The number of likely N-dealkylation sites (N-methyl/N-ethyl adjacent to an activating group) is 1. The van der Waals surface area contributed by atoms with Crippen molar-refractivity contribution in [2.24, 2.45) is 0 Å². The molecule has 1 N–H and O–H groups in total. The Bertz CT molecular complexity index is 799. The summed E-state index contributed by atoms with van der Waals surface area (Å²) < 4.78 is 5.43. The highest BCUT2D eigenvalue weighted by molar-refractivity contribution is 7.13. The summed E-state index contributed by atoms with van der Waals surface area (Å²) >= 11 is 1.42. The van der Waals surface area contributed by atoms with Crippen molar-refractivity contribution in [1.29, 1.82) is 0 Å². The molecule has 2 aromatic rings. The maximum atomic E-state index is 12.5. The van der Waals surface area contributed by atoms with E-state index in [-0.39, 0.29) is 18.4 Å². The van der Waals surface area contributed by atoms with Crippen LogP contribution in [0.2, 0.25) is 0 Å². The van der Waals surface area contributed by atoms with E-state index in [0.29, 0.717) is 11.4 Å². The minimum absolute atomic E-state index is 0.00793. The summed E-state index contributed by atoms with van der Waals surface area (Å²) in [6.07, 6.45) is 0. The number of aryl methyl sites for hydroxylation is 1. The highest BCUT2D eigenvalue weighted by Crippen LogP contribution is 2.22. The van der Waals surface area contributed by atoms with Crippen LogP contribution in [0.4, 0.5) is 5.69 Å². The highest BCUT2D eigenvalue weighted by atomic mass is 32.1. The molecule has 1 aromatic heterocycles. The summed E-state index contributed by atoms with van der Waals surface area (Å²) in [5.41, 5.74) is 2.23. The number of nitrogens with zero attached hydrogens (tertiary/aromatic N) is 2. The van der Waals surface area contributed by atoms with Crippen LogP contribution in [0.25, 0.3) is 0 Å². The van der Waals surface area contributed by atoms with E-state index in [1.165, 1.54) is 11.3 Å². The fourth-order valence-corrected chi connectivity index (χ4v) is 3.82. The molecule has 6 nitrogen and oxygen atoms in total. The van der Waals surface area contributed by atoms with Crippen molar-refractivity contribution in [2.75, 3.05) is 44.8 Å². The van der Waals surface area contributed by atoms with Gasteiger partial charge in [0.15, 0.2) is 0 Å². The molecule has 0 aliphatic carbocycles. The number of benzene rings is 1. The van der Waals surface area contributed by atoms with E-state index >= 15 is 0 Å². The first-order chi connectivity index (χ1) is 13.0. The molecule has 27 heavy (non-hydrogen) atoms. The van der Waals surface area contributed by atoms with Crippen LogP contribution < -0.4 is 10.2 Å². The number of carbonyl (C=O) groups excluding carboxylic acids is 2. The molecular weight excluding hydrogens is 362 g/mol. The molecule has 0 bridgehead atoms. The van der Waals surface area contributed by atoms with Gasteiger partial charge in [0.05, 0.1) is 24.6 Å². The number of amides is 2. The number of ether oxygens (including phenoxy) is 1. The minimum Gasteiger partial charge on any atom is -0.378 e. The van der Waals surface area contributed by atoms with Gasteiger partial charge in [-0.05, 0) is 30.7 Å². The van der Waals surface area contributed by atoms with E-state index in [1.807, 2.05) is 31.2 Å². The van der Waals surface area contributed by atoms with Crippen molar-refractivity contribution in [3.63, 3.8) is 0 Å². The second kappa shape index (κ2) is 9.01. The lowest BCUT2D eigenvalue weighted by molar-refractivity contribution is -0.129. The summed E-state index contributed by atoms with van der Waals surface area (Å²) in [6, 6.07) is 11.8. The molecule has 7 heteroatoms. The number of anilines is 1. The Morgan fingerprint density at radius 1 is 1.19 bits per heavy atom. The molecular formula is C20H25N3O3S. The summed E-state index contributed by atoms with van der Waals surface area (Å²) in [4.78, 5) is 30.2. The smallest absolute Gasteiger partial charge is 0.261 e. The Labute approximate surface area is 163 Å². The topological polar surface area (TPSA) is 61.9 Å². The molecule has 2 heterocycles. The Balaban J connectivity index is 1.57. The predicted octanol–water partition coefficient (Wildman–Crippen LogP) is 2.28. The molecule has 3 rings (SSSR count).